The average Bonchev–Trinajstić information content (AvgIpc) is 2.93. The molecule has 126 valence electrons. The summed E-state index contributed by atoms with van der Waals surface area (Å²) in [5.41, 5.74) is 1.76. The van der Waals surface area contributed by atoms with Crippen LogP contribution in [0.3, 0.4) is 0 Å². The smallest absolute Gasteiger partial charge is 0.240 e. The quantitative estimate of drug-likeness (QED) is 0.921. The maximum atomic E-state index is 12.7. The van der Waals surface area contributed by atoms with Gasteiger partial charge in [0.15, 0.2) is 0 Å². The van der Waals surface area contributed by atoms with Crippen molar-refractivity contribution in [2.45, 2.75) is 32.4 Å². The number of para-hydroxylation sites is 1. The molecule has 3 heterocycles. The van der Waals surface area contributed by atoms with Gasteiger partial charge < -0.3 is 9.30 Å². The van der Waals surface area contributed by atoms with Gasteiger partial charge in [0.25, 0.3) is 0 Å². The van der Waals surface area contributed by atoms with Crippen LogP contribution in [0.5, 0.6) is 5.75 Å². The maximum Gasteiger partial charge on any atom is 0.240 e. The minimum atomic E-state index is -3.57. The van der Waals surface area contributed by atoms with Crippen molar-refractivity contribution in [2.24, 2.45) is 0 Å². The lowest BCUT2D eigenvalue weighted by atomic mass is 10.1. The number of nitrogens with zero attached hydrogens (tertiary/aromatic N) is 2. The Labute approximate surface area is 141 Å². The zero-order valence-electron chi connectivity index (χ0n) is 13.4. The predicted octanol–water partition coefficient (Wildman–Crippen LogP) is 1.86. The molecule has 0 aliphatic carbocycles. The van der Waals surface area contributed by atoms with Gasteiger partial charge >= 0.3 is 0 Å². The number of hydrogen-bond acceptors (Lipinski definition) is 4. The molecule has 0 saturated heterocycles. The highest BCUT2D eigenvalue weighted by atomic mass is 32.2. The van der Waals surface area contributed by atoms with Gasteiger partial charge in [-0.2, -0.15) is 0 Å². The summed E-state index contributed by atoms with van der Waals surface area (Å²) in [6, 6.07) is 7.30. The Bertz CT molecular complexity index is 915. The van der Waals surface area contributed by atoms with Gasteiger partial charge in [-0.1, -0.05) is 18.2 Å². The van der Waals surface area contributed by atoms with Crippen molar-refractivity contribution in [3.8, 4) is 5.75 Å². The number of sulfonamides is 1. The molecule has 1 atom stereocenters. The lowest BCUT2D eigenvalue weighted by Crippen LogP contribution is -2.42. The third-order valence-corrected chi connectivity index (χ3v) is 5.96. The first-order chi connectivity index (χ1) is 11.5. The topological polar surface area (TPSA) is 73.2 Å². The summed E-state index contributed by atoms with van der Waals surface area (Å²) in [5, 5.41) is 0. The molecule has 2 aromatic rings. The number of imidazole rings is 1. The third kappa shape index (κ3) is 2.85. The molecule has 0 radical (unpaired) electrons. The summed E-state index contributed by atoms with van der Waals surface area (Å²) < 4.78 is 35.8. The second-order valence-corrected chi connectivity index (χ2v) is 8.01. The molecular weight excluding hydrogens is 326 g/mol. The zero-order valence-corrected chi connectivity index (χ0v) is 14.2. The lowest BCUT2D eigenvalue weighted by molar-refractivity contribution is 0.352. The molecule has 1 aromatic carbocycles. The highest BCUT2D eigenvalue weighted by Gasteiger charge is 2.28. The van der Waals surface area contributed by atoms with Crippen LogP contribution in [-0.4, -0.2) is 30.6 Å². The summed E-state index contributed by atoms with van der Waals surface area (Å²) in [6.07, 6.45) is 5.19. The standard InChI is InChI=1S/C17H19N3O3S/c1-12-9-20-10-14(6-7-17(20)18-12)19-24(21,22)15-8-13-4-2-3-5-16(13)23-11-15/h2-5,8-9,14,19H,6-7,10-11H2,1H3. The fourth-order valence-electron chi connectivity index (χ4n) is 3.23. The molecule has 1 unspecified atom stereocenters. The number of ether oxygens (including phenoxy) is 1. The molecule has 0 fully saturated rings. The number of fused-ring (bicyclic) bond motifs is 2. The minimum Gasteiger partial charge on any atom is -0.487 e. The van der Waals surface area contributed by atoms with Crippen LogP contribution >= 0.6 is 0 Å². The van der Waals surface area contributed by atoms with Crippen molar-refractivity contribution in [3.63, 3.8) is 0 Å². The van der Waals surface area contributed by atoms with Crippen LogP contribution in [-0.2, 0) is 23.0 Å². The number of aryl methyl sites for hydroxylation is 2. The zero-order chi connectivity index (χ0) is 16.7. The fourth-order valence-corrected chi connectivity index (χ4v) is 4.51. The average molecular weight is 345 g/mol. The van der Waals surface area contributed by atoms with E-state index in [1.807, 2.05) is 42.0 Å². The highest BCUT2D eigenvalue weighted by Crippen LogP contribution is 2.28. The molecule has 6 nitrogen and oxygen atoms in total. The SMILES string of the molecule is Cc1cn2c(n1)CCC(NS(=O)(=O)C1=Cc3ccccc3OC1)C2. The van der Waals surface area contributed by atoms with Gasteiger partial charge in [0.2, 0.25) is 10.0 Å². The van der Waals surface area contributed by atoms with Crippen LogP contribution in [0, 0.1) is 6.92 Å². The van der Waals surface area contributed by atoms with Crippen molar-refractivity contribution < 1.29 is 13.2 Å². The molecule has 1 aromatic heterocycles. The predicted molar refractivity (Wildman–Crippen MR) is 91.0 cm³/mol. The van der Waals surface area contributed by atoms with Crippen LogP contribution in [0.25, 0.3) is 6.08 Å². The Morgan fingerprint density at radius 1 is 1.33 bits per heavy atom. The first-order valence-electron chi connectivity index (χ1n) is 7.99. The van der Waals surface area contributed by atoms with Gasteiger partial charge in [0, 0.05) is 30.8 Å². The molecular formula is C17H19N3O3S. The van der Waals surface area contributed by atoms with E-state index < -0.39 is 10.0 Å². The number of aromatic nitrogens is 2. The maximum absolute atomic E-state index is 12.7. The van der Waals surface area contributed by atoms with E-state index in [0.717, 1.165) is 29.9 Å². The second-order valence-electron chi connectivity index (χ2n) is 6.24. The highest BCUT2D eigenvalue weighted by molar-refractivity contribution is 7.93. The van der Waals surface area contributed by atoms with E-state index in [9.17, 15) is 8.42 Å². The number of nitrogens with one attached hydrogen (secondary N) is 1. The monoisotopic (exact) mass is 345 g/mol. The van der Waals surface area contributed by atoms with E-state index >= 15 is 0 Å². The molecule has 7 heteroatoms. The lowest BCUT2D eigenvalue weighted by Gasteiger charge is -2.26. The van der Waals surface area contributed by atoms with E-state index in [-0.39, 0.29) is 17.6 Å². The first-order valence-corrected chi connectivity index (χ1v) is 9.47. The van der Waals surface area contributed by atoms with E-state index in [2.05, 4.69) is 9.71 Å². The van der Waals surface area contributed by atoms with E-state index in [1.165, 1.54) is 0 Å². The van der Waals surface area contributed by atoms with E-state index in [1.54, 1.807) is 6.08 Å². The summed E-state index contributed by atoms with van der Waals surface area (Å²) in [6.45, 7) is 2.63. The van der Waals surface area contributed by atoms with Crippen molar-refractivity contribution in [3.05, 3.63) is 52.4 Å². The van der Waals surface area contributed by atoms with Crippen molar-refractivity contribution in [1.29, 1.82) is 0 Å². The Morgan fingerprint density at radius 2 is 2.17 bits per heavy atom. The molecule has 24 heavy (non-hydrogen) atoms. The summed E-state index contributed by atoms with van der Waals surface area (Å²) in [4.78, 5) is 4.72. The molecule has 2 aliphatic heterocycles. The van der Waals surface area contributed by atoms with Crippen molar-refractivity contribution >= 4 is 16.1 Å². The Hall–Kier alpha value is -2.12. The van der Waals surface area contributed by atoms with Gasteiger partial charge in [0.1, 0.15) is 18.2 Å². The summed E-state index contributed by atoms with van der Waals surface area (Å²) in [5.74, 6) is 1.74. The van der Waals surface area contributed by atoms with Crippen LogP contribution in [0.15, 0.2) is 35.4 Å². The molecule has 2 aliphatic rings. The van der Waals surface area contributed by atoms with E-state index in [4.69, 9.17) is 4.74 Å². The van der Waals surface area contributed by atoms with Crippen LogP contribution in [0.1, 0.15) is 23.5 Å². The Balaban J connectivity index is 1.53. The van der Waals surface area contributed by atoms with E-state index in [0.29, 0.717) is 12.3 Å². The van der Waals surface area contributed by atoms with Gasteiger partial charge in [-0.05, 0) is 25.5 Å². The molecule has 0 spiro atoms. The van der Waals surface area contributed by atoms with Crippen LogP contribution < -0.4 is 9.46 Å². The minimum absolute atomic E-state index is 0.0640. The number of hydrogen-bond donors (Lipinski definition) is 1. The van der Waals surface area contributed by atoms with Gasteiger partial charge in [-0.25, -0.2) is 18.1 Å². The van der Waals surface area contributed by atoms with Crippen LogP contribution in [0.4, 0.5) is 0 Å². The summed E-state index contributed by atoms with van der Waals surface area (Å²) in [7, 11) is -3.57. The van der Waals surface area contributed by atoms with Gasteiger partial charge in [-0.3, -0.25) is 0 Å². The first kappa shape index (κ1) is 15.4. The number of rotatable bonds is 3. The van der Waals surface area contributed by atoms with Crippen LogP contribution in [0.2, 0.25) is 0 Å². The van der Waals surface area contributed by atoms with Gasteiger partial charge in [-0.15, -0.1) is 0 Å². The molecule has 0 bridgehead atoms. The van der Waals surface area contributed by atoms with Crippen molar-refractivity contribution in [2.75, 3.05) is 6.61 Å². The number of benzene rings is 1. The Morgan fingerprint density at radius 3 is 3.04 bits per heavy atom. The second kappa shape index (κ2) is 5.75. The third-order valence-electron chi connectivity index (χ3n) is 4.39. The Kier molecular flexibility index (Phi) is 3.69. The largest absolute Gasteiger partial charge is 0.487 e. The molecule has 0 amide bonds. The molecule has 1 N–H and O–H groups in total. The molecule has 4 rings (SSSR count). The summed E-state index contributed by atoms with van der Waals surface area (Å²) >= 11 is 0. The van der Waals surface area contributed by atoms with Gasteiger partial charge in [0.05, 0.1) is 10.6 Å². The van der Waals surface area contributed by atoms with Crippen molar-refractivity contribution in [1.82, 2.24) is 14.3 Å². The normalized spacial score (nSPS) is 19.9. The fraction of sp³-hybridized carbons (Fsp3) is 0.353. The molecule has 0 saturated carbocycles.